The molecule has 21 heavy (non-hydrogen) atoms. The number of carbonyl (C=O) groups is 1. The molecule has 118 valence electrons. The first-order valence-corrected chi connectivity index (χ1v) is 8.42. The zero-order valence-corrected chi connectivity index (χ0v) is 14.5. The Morgan fingerprint density at radius 1 is 1.29 bits per heavy atom. The summed E-state index contributed by atoms with van der Waals surface area (Å²) in [5, 5.41) is 3.68. The molecular formula is C17H27NO2S. The van der Waals surface area contributed by atoms with Gasteiger partial charge in [-0.15, -0.1) is 11.8 Å². The fraction of sp³-hybridized carbons (Fsp3) is 0.588. The average molecular weight is 309 g/mol. The summed E-state index contributed by atoms with van der Waals surface area (Å²) in [4.78, 5) is 13.5. The number of ether oxygens (including phenoxy) is 1. The van der Waals surface area contributed by atoms with Gasteiger partial charge in [0, 0.05) is 16.2 Å². The molecule has 0 saturated heterocycles. The Labute approximate surface area is 132 Å². The van der Waals surface area contributed by atoms with E-state index in [1.165, 1.54) is 4.90 Å². The van der Waals surface area contributed by atoms with Crippen molar-refractivity contribution in [2.45, 2.75) is 62.8 Å². The number of esters is 1. The normalized spacial score (nSPS) is 15.5. The first-order chi connectivity index (χ1) is 9.87. The maximum Gasteiger partial charge on any atom is 0.326 e. The lowest BCUT2D eigenvalue weighted by molar-refractivity contribution is -0.151. The highest BCUT2D eigenvalue weighted by Crippen LogP contribution is 2.29. The average Bonchev–Trinajstić information content (AvgIpc) is 2.38. The summed E-state index contributed by atoms with van der Waals surface area (Å²) in [7, 11) is 0. The van der Waals surface area contributed by atoms with E-state index in [2.05, 4.69) is 24.4 Å². The molecule has 1 aromatic carbocycles. The molecule has 4 heteroatoms. The monoisotopic (exact) mass is 309 g/mol. The summed E-state index contributed by atoms with van der Waals surface area (Å²) in [5.41, 5.74) is -0.647. The van der Waals surface area contributed by atoms with E-state index in [9.17, 15) is 4.79 Å². The standard InChI is InChI=1S/C17H27NO2S/c1-6-20-16(19)17(5,18-13(2)3)12-14(4)21-15-10-8-7-9-11-15/h7-11,13-14,18H,6,12H2,1-5H3. The van der Waals surface area contributed by atoms with Crippen LogP contribution >= 0.6 is 11.8 Å². The smallest absolute Gasteiger partial charge is 0.326 e. The van der Waals surface area contributed by atoms with Crippen LogP contribution in [0, 0.1) is 0 Å². The van der Waals surface area contributed by atoms with Crippen LogP contribution in [-0.4, -0.2) is 29.4 Å². The molecule has 0 aliphatic rings. The van der Waals surface area contributed by atoms with Gasteiger partial charge < -0.3 is 4.74 Å². The maximum absolute atomic E-state index is 12.3. The molecule has 0 fully saturated rings. The predicted molar refractivity (Wildman–Crippen MR) is 89.7 cm³/mol. The zero-order chi connectivity index (χ0) is 15.9. The van der Waals surface area contributed by atoms with E-state index >= 15 is 0 Å². The quantitative estimate of drug-likeness (QED) is 0.584. The minimum Gasteiger partial charge on any atom is -0.465 e. The van der Waals surface area contributed by atoms with Crippen molar-refractivity contribution in [2.24, 2.45) is 0 Å². The molecule has 0 bridgehead atoms. The van der Waals surface area contributed by atoms with Crippen LogP contribution in [0.15, 0.2) is 35.2 Å². The fourth-order valence-electron chi connectivity index (χ4n) is 2.48. The number of thioether (sulfide) groups is 1. The largest absolute Gasteiger partial charge is 0.465 e. The minimum absolute atomic E-state index is 0.167. The molecule has 0 aliphatic heterocycles. The Bertz CT molecular complexity index is 436. The van der Waals surface area contributed by atoms with Gasteiger partial charge in [0.2, 0.25) is 0 Å². The second-order valence-corrected chi connectivity index (χ2v) is 7.31. The molecule has 0 spiro atoms. The fourth-order valence-corrected chi connectivity index (χ4v) is 3.67. The lowest BCUT2D eigenvalue weighted by Gasteiger charge is -2.32. The van der Waals surface area contributed by atoms with E-state index in [1.54, 1.807) is 11.8 Å². The summed E-state index contributed by atoms with van der Waals surface area (Å²) in [6, 6.07) is 10.5. The summed E-state index contributed by atoms with van der Waals surface area (Å²) in [6.45, 7) is 10.4. The van der Waals surface area contributed by atoms with Gasteiger partial charge in [-0.3, -0.25) is 10.1 Å². The molecule has 0 radical (unpaired) electrons. The SMILES string of the molecule is CCOC(=O)C(C)(CC(C)Sc1ccccc1)NC(C)C. The van der Waals surface area contributed by atoms with E-state index in [4.69, 9.17) is 4.74 Å². The van der Waals surface area contributed by atoms with Gasteiger partial charge in [0.25, 0.3) is 0 Å². The van der Waals surface area contributed by atoms with Gasteiger partial charge >= 0.3 is 5.97 Å². The molecule has 0 aliphatic carbocycles. The van der Waals surface area contributed by atoms with E-state index in [0.29, 0.717) is 11.9 Å². The van der Waals surface area contributed by atoms with Crippen LogP contribution in [0.1, 0.15) is 41.0 Å². The highest BCUT2D eigenvalue weighted by atomic mass is 32.2. The maximum atomic E-state index is 12.3. The summed E-state index contributed by atoms with van der Waals surface area (Å²) in [6.07, 6.45) is 0.726. The highest BCUT2D eigenvalue weighted by Gasteiger charge is 2.36. The zero-order valence-electron chi connectivity index (χ0n) is 13.7. The van der Waals surface area contributed by atoms with Crippen molar-refractivity contribution in [3.8, 4) is 0 Å². The second kappa shape index (κ2) is 8.44. The van der Waals surface area contributed by atoms with Crippen LogP contribution in [0.3, 0.4) is 0 Å². The summed E-state index contributed by atoms with van der Waals surface area (Å²) >= 11 is 1.79. The van der Waals surface area contributed by atoms with E-state index in [0.717, 1.165) is 6.42 Å². The second-order valence-electron chi connectivity index (χ2n) is 5.80. The third-order valence-electron chi connectivity index (χ3n) is 3.11. The lowest BCUT2D eigenvalue weighted by atomic mass is 9.95. The van der Waals surface area contributed by atoms with Crippen LogP contribution in [-0.2, 0) is 9.53 Å². The van der Waals surface area contributed by atoms with Gasteiger partial charge in [-0.25, -0.2) is 0 Å². The molecule has 0 saturated carbocycles. The van der Waals surface area contributed by atoms with Crippen molar-refractivity contribution in [3.05, 3.63) is 30.3 Å². The number of hydrogen-bond acceptors (Lipinski definition) is 4. The summed E-state index contributed by atoms with van der Waals surface area (Å²) < 4.78 is 5.25. The van der Waals surface area contributed by atoms with Gasteiger partial charge in [-0.2, -0.15) is 0 Å². The van der Waals surface area contributed by atoms with E-state index < -0.39 is 5.54 Å². The Morgan fingerprint density at radius 3 is 2.43 bits per heavy atom. The van der Waals surface area contributed by atoms with Crippen molar-refractivity contribution < 1.29 is 9.53 Å². The Kier molecular flexibility index (Phi) is 7.26. The van der Waals surface area contributed by atoms with Crippen LogP contribution in [0.5, 0.6) is 0 Å². The minimum atomic E-state index is -0.647. The highest BCUT2D eigenvalue weighted by molar-refractivity contribution is 7.99. The molecule has 0 heterocycles. The van der Waals surface area contributed by atoms with Gasteiger partial charge in [0.1, 0.15) is 5.54 Å². The van der Waals surface area contributed by atoms with Crippen molar-refractivity contribution >= 4 is 17.7 Å². The van der Waals surface area contributed by atoms with Crippen LogP contribution < -0.4 is 5.32 Å². The molecule has 0 amide bonds. The molecule has 1 rings (SSSR count). The third-order valence-corrected chi connectivity index (χ3v) is 4.22. The van der Waals surface area contributed by atoms with E-state index in [-0.39, 0.29) is 12.0 Å². The number of carbonyl (C=O) groups excluding carboxylic acids is 1. The third kappa shape index (κ3) is 6.10. The number of rotatable bonds is 8. The molecule has 2 unspecified atom stereocenters. The molecule has 3 nitrogen and oxygen atoms in total. The van der Waals surface area contributed by atoms with E-state index in [1.807, 2.05) is 45.9 Å². The Morgan fingerprint density at radius 2 is 1.90 bits per heavy atom. The van der Waals surface area contributed by atoms with Gasteiger partial charge in [-0.05, 0) is 46.2 Å². The van der Waals surface area contributed by atoms with Crippen molar-refractivity contribution in [3.63, 3.8) is 0 Å². The molecule has 2 atom stereocenters. The molecule has 0 aromatic heterocycles. The predicted octanol–water partition coefficient (Wildman–Crippen LogP) is 3.88. The van der Waals surface area contributed by atoms with Crippen molar-refractivity contribution in [1.82, 2.24) is 5.32 Å². The van der Waals surface area contributed by atoms with Crippen LogP contribution in [0.25, 0.3) is 0 Å². The van der Waals surface area contributed by atoms with Crippen molar-refractivity contribution in [2.75, 3.05) is 6.61 Å². The van der Waals surface area contributed by atoms with Crippen molar-refractivity contribution in [1.29, 1.82) is 0 Å². The van der Waals surface area contributed by atoms with Gasteiger partial charge in [0.15, 0.2) is 0 Å². The number of hydrogen-bond donors (Lipinski definition) is 1. The van der Waals surface area contributed by atoms with Gasteiger partial charge in [-0.1, -0.05) is 25.1 Å². The molecular weight excluding hydrogens is 282 g/mol. The first kappa shape index (κ1) is 18.1. The van der Waals surface area contributed by atoms with Gasteiger partial charge in [0.05, 0.1) is 6.61 Å². The van der Waals surface area contributed by atoms with Crippen LogP contribution in [0.4, 0.5) is 0 Å². The lowest BCUT2D eigenvalue weighted by Crippen LogP contribution is -2.54. The number of nitrogens with one attached hydrogen (secondary N) is 1. The number of benzene rings is 1. The van der Waals surface area contributed by atoms with Crippen LogP contribution in [0.2, 0.25) is 0 Å². The topological polar surface area (TPSA) is 38.3 Å². The molecule has 1 N–H and O–H groups in total. The first-order valence-electron chi connectivity index (χ1n) is 7.54. The Balaban J connectivity index is 2.73. The Hall–Kier alpha value is -1.00. The molecule has 1 aromatic rings. The summed E-state index contributed by atoms with van der Waals surface area (Å²) in [5.74, 6) is -0.167.